The number of rotatable bonds is 6. The third-order valence-electron chi connectivity index (χ3n) is 2.94. The number of benzene rings is 1. The zero-order chi connectivity index (χ0) is 17.6. The average molecular weight is 356 g/mol. The van der Waals surface area contributed by atoms with Gasteiger partial charge in [-0.2, -0.15) is 13.2 Å². The topological polar surface area (TPSA) is 51.2 Å². The van der Waals surface area contributed by atoms with Crippen LogP contribution in [-0.4, -0.2) is 23.8 Å². The molecule has 0 aliphatic carbocycles. The molecule has 1 N–H and O–H groups in total. The molecule has 0 spiro atoms. The van der Waals surface area contributed by atoms with Crippen molar-refractivity contribution in [3.8, 4) is 0 Å². The lowest BCUT2D eigenvalue weighted by Gasteiger charge is -2.08. The number of halogens is 3. The Morgan fingerprint density at radius 2 is 2.08 bits per heavy atom. The molecule has 0 aliphatic rings. The summed E-state index contributed by atoms with van der Waals surface area (Å²) in [6.07, 6.45) is -3.66. The summed E-state index contributed by atoms with van der Waals surface area (Å²) in [4.78, 5) is 15.6. The number of aromatic nitrogens is 1. The predicted molar refractivity (Wildman–Crippen MR) is 85.7 cm³/mol. The number of nitrogens with one attached hydrogen (secondary N) is 1. The minimum absolute atomic E-state index is 0.0485. The first-order valence-corrected chi connectivity index (χ1v) is 7.91. The molecule has 4 nitrogen and oxygen atoms in total. The van der Waals surface area contributed by atoms with E-state index in [1.165, 1.54) is 6.07 Å². The van der Waals surface area contributed by atoms with Gasteiger partial charge in [-0.1, -0.05) is 23.9 Å². The highest BCUT2D eigenvalue weighted by molar-refractivity contribution is 7.99. The van der Waals surface area contributed by atoms with Crippen molar-refractivity contribution < 1.29 is 22.7 Å². The molecule has 128 valence electrons. The van der Waals surface area contributed by atoms with Crippen LogP contribution >= 0.6 is 11.8 Å². The van der Waals surface area contributed by atoms with Gasteiger partial charge in [0.25, 0.3) is 0 Å². The Hall–Kier alpha value is -2.06. The second-order valence-corrected chi connectivity index (χ2v) is 5.85. The van der Waals surface area contributed by atoms with Crippen molar-refractivity contribution in [3.05, 3.63) is 53.7 Å². The number of pyridine rings is 1. The first-order valence-electron chi connectivity index (χ1n) is 6.92. The van der Waals surface area contributed by atoms with E-state index in [4.69, 9.17) is 4.74 Å². The van der Waals surface area contributed by atoms with E-state index in [1.807, 2.05) is 6.07 Å². The van der Waals surface area contributed by atoms with Crippen molar-refractivity contribution in [2.75, 3.05) is 18.2 Å². The van der Waals surface area contributed by atoms with Gasteiger partial charge in [0.2, 0.25) is 5.91 Å². The number of hydrogen-bond acceptors (Lipinski definition) is 4. The van der Waals surface area contributed by atoms with E-state index < -0.39 is 11.7 Å². The zero-order valence-corrected chi connectivity index (χ0v) is 13.6. The van der Waals surface area contributed by atoms with Crippen molar-refractivity contribution in [3.63, 3.8) is 0 Å². The van der Waals surface area contributed by atoms with Crippen LogP contribution in [0.25, 0.3) is 0 Å². The first-order chi connectivity index (χ1) is 11.4. The summed E-state index contributed by atoms with van der Waals surface area (Å²) in [5, 5.41) is 3.08. The fourth-order valence-electron chi connectivity index (χ4n) is 1.88. The SMILES string of the molecule is COCc1cccc(NC(=O)CSc2ccc(C(F)(F)F)cn2)c1. The molecule has 2 aromatic rings. The van der Waals surface area contributed by atoms with E-state index in [1.54, 1.807) is 25.3 Å². The minimum atomic E-state index is -4.42. The van der Waals surface area contributed by atoms with Gasteiger partial charge in [-0.15, -0.1) is 0 Å². The molecule has 1 aromatic carbocycles. The Bertz CT molecular complexity index is 690. The number of carbonyl (C=O) groups excluding carboxylic acids is 1. The Kier molecular flexibility index (Phi) is 6.22. The molecule has 0 fully saturated rings. The van der Waals surface area contributed by atoms with Gasteiger partial charge in [0, 0.05) is 19.0 Å². The number of alkyl halides is 3. The largest absolute Gasteiger partial charge is 0.417 e. The number of nitrogens with zero attached hydrogens (tertiary/aromatic N) is 1. The lowest BCUT2D eigenvalue weighted by Crippen LogP contribution is -2.14. The van der Waals surface area contributed by atoms with Gasteiger partial charge in [0.1, 0.15) is 0 Å². The number of ether oxygens (including phenoxy) is 1. The van der Waals surface area contributed by atoms with Gasteiger partial charge < -0.3 is 10.1 Å². The van der Waals surface area contributed by atoms with E-state index in [0.717, 1.165) is 29.6 Å². The Labute approximate surface area is 141 Å². The number of thioether (sulfide) groups is 1. The lowest BCUT2D eigenvalue weighted by atomic mass is 10.2. The van der Waals surface area contributed by atoms with Crippen LogP contribution in [0.4, 0.5) is 18.9 Å². The van der Waals surface area contributed by atoms with Gasteiger partial charge in [-0.25, -0.2) is 4.98 Å². The van der Waals surface area contributed by atoms with Crippen LogP contribution in [0.3, 0.4) is 0 Å². The summed E-state index contributed by atoms with van der Waals surface area (Å²) in [6, 6.07) is 9.41. The highest BCUT2D eigenvalue weighted by Crippen LogP contribution is 2.29. The van der Waals surface area contributed by atoms with E-state index in [9.17, 15) is 18.0 Å². The summed E-state index contributed by atoms with van der Waals surface area (Å²) in [5.74, 6) is -0.219. The quantitative estimate of drug-likeness (QED) is 0.796. The van der Waals surface area contributed by atoms with Crippen LogP contribution in [-0.2, 0) is 22.3 Å². The van der Waals surface area contributed by atoms with Gasteiger partial charge >= 0.3 is 6.18 Å². The fraction of sp³-hybridized carbons (Fsp3) is 0.250. The molecule has 2 rings (SSSR count). The number of amides is 1. The van der Waals surface area contributed by atoms with Gasteiger partial charge in [-0.05, 0) is 29.8 Å². The van der Waals surface area contributed by atoms with Crippen LogP contribution in [0.15, 0.2) is 47.6 Å². The molecule has 0 saturated carbocycles. The molecule has 0 unspecified atom stereocenters. The summed E-state index contributed by atoms with van der Waals surface area (Å²) >= 11 is 1.07. The van der Waals surface area contributed by atoms with E-state index in [2.05, 4.69) is 10.3 Å². The summed E-state index contributed by atoms with van der Waals surface area (Å²) < 4.78 is 42.4. The van der Waals surface area contributed by atoms with Crippen molar-refractivity contribution in [1.82, 2.24) is 4.98 Å². The fourth-order valence-corrected chi connectivity index (χ4v) is 2.52. The maximum absolute atomic E-state index is 12.4. The van der Waals surface area contributed by atoms with Crippen LogP contribution in [0, 0.1) is 0 Å². The number of anilines is 1. The standard InChI is InChI=1S/C16H15F3N2O2S/c1-23-9-11-3-2-4-13(7-11)21-14(22)10-24-15-6-5-12(8-20-15)16(17,18)19/h2-8H,9-10H2,1H3,(H,21,22). The van der Waals surface area contributed by atoms with Gasteiger partial charge in [-0.3, -0.25) is 4.79 Å². The van der Waals surface area contributed by atoms with E-state index in [0.29, 0.717) is 17.3 Å². The molecule has 24 heavy (non-hydrogen) atoms. The second-order valence-electron chi connectivity index (χ2n) is 4.85. The van der Waals surface area contributed by atoms with Crippen molar-refractivity contribution in [2.45, 2.75) is 17.8 Å². The first kappa shape index (κ1) is 18.3. The normalized spacial score (nSPS) is 11.3. The Morgan fingerprint density at radius 3 is 2.71 bits per heavy atom. The smallest absolute Gasteiger partial charge is 0.380 e. The van der Waals surface area contributed by atoms with Crippen LogP contribution in [0.2, 0.25) is 0 Å². The molecular formula is C16H15F3N2O2S. The highest BCUT2D eigenvalue weighted by atomic mass is 32.2. The molecule has 0 atom stereocenters. The lowest BCUT2D eigenvalue weighted by molar-refractivity contribution is -0.137. The third-order valence-corrected chi connectivity index (χ3v) is 3.88. The molecule has 0 bridgehead atoms. The van der Waals surface area contributed by atoms with Crippen LogP contribution < -0.4 is 5.32 Å². The predicted octanol–water partition coefficient (Wildman–Crippen LogP) is 3.98. The third kappa shape index (κ3) is 5.54. The van der Waals surface area contributed by atoms with Crippen molar-refractivity contribution >= 4 is 23.4 Å². The molecule has 1 aromatic heterocycles. The molecule has 0 aliphatic heterocycles. The van der Waals surface area contributed by atoms with Crippen molar-refractivity contribution in [2.24, 2.45) is 0 Å². The average Bonchev–Trinajstić information content (AvgIpc) is 2.53. The molecule has 8 heteroatoms. The summed E-state index contributed by atoms with van der Waals surface area (Å²) in [6.45, 7) is 0.438. The Morgan fingerprint density at radius 1 is 1.29 bits per heavy atom. The Balaban J connectivity index is 1.88. The highest BCUT2D eigenvalue weighted by Gasteiger charge is 2.30. The van der Waals surface area contributed by atoms with Crippen LogP contribution in [0.5, 0.6) is 0 Å². The molecular weight excluding hydrogens is 341 g/mol. The molecule has 1 amide bonds. The minimum Gasteiger partial charge on any atom is -0.380 e. The summed E-state index contributed by atoms with van der Waals surface area (Å²) in [5.41, 5.74) is 0.745. The number of methoxy groups -OCH3 is 1. The maximum Gasteiger partial charge on any atom is 0.417 e. The van der Waals surface area contributed by atoms with Crippen molar-refractivity contribution in [1.29, 1.82) is 0 Å². The van der Waals surface area contributed by atoms with Crippen LogP contribution in [0.1, 0.15) is 11.1 Å². The van der Waals surface area contributed by atoms with Gasteiger partial charge in [0.05, 0.1) is 22.9 Å². The van der Waals surface area contributed by atoms with Gasteiger partial charge in [0.15, 0.2) is 0 Å². The number of hydrogen-bond donors (Lipinski definition) is 1. The molecule has 0 saturated heterocycles. The molecule has 1 heterocycles. The maximum atomic E-state index is 12.4. The number of carbonyl (C=O) groups is 1. The zero-order valence-electron chi connectivity index (χ0n) is 12.8. The summed E-state index contributed by atoms with van der Waals surface area (Å²) in [7, 11) is 1.58. The monoisotopic (exact) mass is 356 g/mol. The van der Waals surface area contributed by atoms with E-state index >= 15 is 0 Å². The molecule has 0 radical (unpaired) electrons. The van der Waals surface area contributed by atoms with E-state index in [-0.39, 0.29) is 11.7 Å². The second kappa shape index (κ2) is 8.16.